The largest absolute Gasteiger partial charge is 0.489 e. The molecular formula is C29H38ClN5O3S. The van der Waals surface area contributed by atoms with Crippen molar-refractivity contribution in [2.45, 2.75) is 69.6 Å². The maximum atomic E-state index is 12.9. The number of sulfone groups is 1. The molecule has 0 radical (unpaired) electrons. The van der Waals surface area contributed by atoms with Gasteiger partial charge in [-0.3, -0.25) is 0 Å². The van der Waals surface area contributed by atoms with E-state index in [0.717, 1.165) is 31.1 Å². The first-order valence-electron chi connectivity index (χ1n) is 13.5. The molecule has 10 heteroatoms. The second-order valence-electron chi connectivity index (χ2n) is 10.6. The zero-order valence-electron chi connectivity index (χ0n) is 23.2. The van der Waals surface area contributed by atoms with Crippen LogP contribution in [-0.4, -0.2) is 54.3 Å². The predicted octanol–water partition coefficient (Wildman–Crippen LogP) is 6.79. The molecule has 2 N–H and O–H groups in total. The number of benzene rings is 2. The van der Waals surface area contributed by atoms with Gasteiger partial charge in [-0.1, -0.05) is 36.7 Å². The van der Waals surface area contributed by atoms with E-state index in [0.29, 0.717) is 23.4 Å². The van der Waals surface area contributed by atoms with Crippen molar-refractivity contribution in [2.24, 2.45) is 0 Å². The minimum absolute atomic E-state index is 0.0162. The molecule has 0 spiro atoms. The molecule has 2 aromatic carbocycles. The van der Waals surface area contributed by atoms with Crippen LogP contribution in [0.4, 0.5) is 23.1 Å². The summed E-state index contributed by atoms with van der Waals surface area (Å²) in [4.78, 5) is 11.6. The molecule has 2 heterocycles. The van der Waals surface area contributed by atoms with Gasteiger partial charge in [0, 0.05) is 6.54 Å². The number of nitrogens with one attached hydrogen (secondary N) is 2. The van der Waals surface area contributed by atoms with Crippen molar-refractivity contribution in [1.29, 1.82) is 0 Å². The average molecular weight is 572 g/mol. The molecule has 8 nitrogen and oxygen atoms in total. The zero-order chi connectivity index (χ0) is 28.2. The van der Waals surface area contributed by atoms with E-state index in [9.17, 15) is 8.42 Å². The first-order chi connectivity index (χ1) is 18.5. The number of rotatable bonds is 11. The summed E-state index contributed by atoms with van der Waals surface area (Å²) >= 11 is 6.41. The quantitative estimate of drug-likeness (QED) is 0.260. The van der Waals surface area contributed by atoms with Crippen LogP contribution in [0.5, 0.6) is 5.75 Å². The summed E-state index contributed by atoms with van der Waals surface area (Å²) in [5.74, 6) is 1.69. The van der Waals surface area contributed by atoms with E-state index in [1.807, 2.05) is 19.9 Å². The summed E-state index contributed by atoms with van der Waals surface area (Å²) in [6, 6.07) is 12.9. The summed E-state index contributed by atoms with van der Waals surface area (Å²) < 4.78 is 32.0. The Balaban J connectivity index is 1.59. The van der Waals surface area contributed by atoms with E-state index in [2.05, 4.69) is 44.6 Å². The fourth-order valence-electron chi connectivity index (χ4n) is 4.59. The Hall–Kier alpha value is -2.88. The number of likely N-dealkylation sites (tertiary alicyclic amines) is 1. The van der Waals surface area contributed by atoms with Crippen LogP contribution in [0.15, 0.2) is 53.6 Å². The van der Waals surface area contributed by atoms with Crippen LogP contribution >= 0.6 is 11.6 Å². The van der Waals surface area contributed by atoms with Gasteiger partial charge in [0.25, 0.3) is 0 Å². The van der Waals surface area contributed by atoms with Gasteiger partial charge in [0.15, 0.2) is 15.7 Å². The van der Waals surface area contributed by atoms with Crippen LogP contribution in [0.2, 0.25) is 5.02 Å². The van der Waals surface area contributed by atoms with Gasteiger partial charge < -0.3 is 20.3 Å². The van der Waals surface area contributed by atoms with Crippen LogP contribution in [0.1, 0.15) is 58.9 Å². The molecule has 1 fully saturated rings. The molecule has 39 heavy (non-hydrogen) atoms. The first kappa shape index (κ1) is 29.1. The lowest BCUT2D eigenvalue weighted by Crippen LogP contribution is -2.24. The summed E-state index contributed by atoms with van der Waals surface area (Å²) in [6.07, 6.45) is 4.01. The third-order valence-electron chi connectivity index (χ3n) is 6.73. The van der Waals surface area contributed by atoms with Gasteiger partial charge in [-0.05, 0) is 89.4 Å². The van der Waals surface area contributed by atoms with Crippen molar-refractivity contribution < 1.29 is 13.2 Å². The molecule has 3 aromatic rings. The SMILES string of the molecule is CC(C)Oc1cc(C(C)CN2CCCC2)ccc1Nc1ncc(Cl)c(Nc2ccccc2S(=O)(=O)C(C)C)n1. The number of hydrogen-bond acceptors (Lipinski definition) is 8. The molecule has 210 valence electrons. The fraction of sp³-hybridized carbons (Fsp3) is 0.448. The average Bonchev–Trinajstić information content (AvgIpc) is 3.40. The third-order valence-corrected chi connectivity index (χ3v) is 9.21. The first-order valence-corrected chi connectivity index (χ1v) is 15.4. The number of ether oxygens (including phenoxy) is 1. The van der Waals surface area contributed by atoms with Gasteiger partial charge in [-0.2, -0.15) is 4.98 Å². The molecule has 0 aliphatic carbocycles. The molecule has 1 aromatic heterocycles. The Morgan fingerprint density at radius 2 is 1.72 bits per heavy atom. The second kappa shape index (κ2) is 12.5. The van der Waals surface area contributed by atoms with Gasteiger partial charge >= 0.3 is 0 Å². The van der Waals surface area contributed by atoms with Crippen molar-refractivity contribution in [3.63, 3.8) is 0 Å². The van der Waals surface area contributed by atoms with Crippen molar-refractivity contribution in [3.05, 3.63) is 59.2 Å². The maximum absolute atomic E-state index is 12.9. The van der Waals surface area contributed by atoms with E-state index < -0.39 is 15.1 Å². The van der Waals surface area contributed by atoms with Crippen molar-refractivity contribution >= 4 is 44.6 Å². The monoisotopic (exact) mass is 571 g/mol. The number of anilines is 4. The lowest BCUT2D eigenvalue weighted by molar-refractivity contribution is 0.243. The van der Waals surface area contributed by atoms with E-state index in [4.69, 9.17) is 16.3 Å². The Morgan fingerprint density at radius 1 is 1.00 bits per heavy atom. The number of aromatic nitrogens is 2. The molecule has 1 atom stereocenters. The van der Waals surface area contributed by atoms with E-state index in [-0.39, 0.29) is 16.0 Å². The normalized spacial score (nSPS) is 15.1. The Morgan fingerprint density at radius 3 is 2.41 bits per heavy atom. The number of para-hydroxylation sites is 1. The lowest BCUT2D eigenvalue weighted by atomic mass is 9.99. The van der Waals surface area contributed by atoms with Gasteiger partial charge in [0.05, 0.1) is 33.8 Å². The molecule has 0 saturated carbocycles. The van der Waals surface area contributed by atoms with Crippen LogP contribution < -0.4 is 15.4 Å². The van der Waals surface area contributed by atoms with Crippen molar-refractivity contribution in [3.8, 4) is 5.75 Å². The van der Waals surface area contributed by atoms with Crippen LogP contribution in [0.3, 0.4) is 0 Å². The summed E-state index contributed by atoms with van der Waals surface area (Å²) in [6.45, 7) is 12.9. The molecule has 0 amide bonds. The van der Waals surface area contributed by atoms with E-state index >= 15 is 0 Å². The molecule has 1 aliphatic rings. The highest BCUT2D eigenvalue weighted by Gasteiger charge is 2.23. The Bertz CT molecular complexity index is 1390. The molecule has 0 bridgehead atoms. The number of hydrogen-bond donors (Lipinski definition) is 2. The van der Waals surface area contributed by atoms with Crippen molar-refractivity contribution in [2.75, 3.05) is 30.3 Å². The smallest absolute Gasteiger partial charge is 0.229 e. The minimum Gasteiger partial charge on any atom is -0.489 e. The van der Waals surface area contributed by atoms with Crippen LogP contribution in [-0.2, 0) is 9.84 Å². The van der Waals surface area contributed by atoms with Gasteiger partial charge in [0.2, 0.25) is 5.95 Å². The van der Waals surface area contributed by atoms with Gasteiger partial charge in [0.1, 0.15) is 10.8 Å². The topological polar surface area (TPSA) is 96.5 Å². The van der Waals surface area contributed by atoms with E-state index in [1.54, 1.807) is 38.1 Å². The summed E-state index contributed by atoms with van der Waals surface area (Å²) in [5.41, 5.74) is 2.35. The van der Waals surface area contributed by atoms with Gasteiger partial charge in [-0.25, -0.2) is 13.4 Å². The lowest BCUT2D eigenvalue weighted by Gasteiger charge is -2.22. The van der Waals surface area contributed by atoms with Crippen molar-refractivity contribution in [1.82, 2.24) is 14.9 Å². The van der Waals surface area contributed by atoms with Gasteiger partial charge in [-0.15, -0.1) is 0 Å². The molecule has 1 saturated heterocycles. The third kappa shape index (κ3) is 7.21. The highest BCUT2D eigenvalue weighted by Crippen LogP contribution is 2.34. The zero-order valence-corrected chi connectivity index (χ0v) is 24.8. The standard InChI is InChI=1S/C29H38ClN5O3S/c1-19(2)38-26-16-22(21(5)18-35-14-8-9-15-35)12-13-24(26)33-29-31-17-23(30)28(34-29)32-25-10-6-7-11-27(25)39(36,37)20(3)4/h6-7,10-13,16-17,19-21H,8-9,14-15,18H2,1-5H3,(H2,31,32,33,34). The molecule has 1 aliphatic heterocycles. The Labute approximate surface area is 237 Å². The molecular weight excluding hydrogens is 534 g/mol. The predicted molar refractivity (Wildman–Crippen MR) is 159 cm³/mol. The van der Waals surface area contributed by atoms with E-state index in [1.165, 1.54) is 24.6 Å². The maximum Gasteiger partial charge on any atom is 0.229 e. The number of halogens is 1. The van der Waals surface area contributed by atoms with Crippen LogP contribution in [0, 0.1) is 0 Å². The summed E-state index contributed by atoms with van der Waals surface area (Å²) in [7, 11) is -3.52. The highest BCUT2D eigenvalue weighted by molar-refractivity contribution is 7.92. The summed E-state index contributed by atoms with van der Waals surface area (Å²) in [5, 5.41) is 6.05. The second-order valence-corrected chi connectivity index (χ2v) is 13.4. The minimum atomic E-state index is -3.52. The number of nitrogens with zero attached hydrogens (tertiary/aromatic N) is 3. The fourth-order valence-corrected chi connectivity index (χ4v) is 5.93. The Kier molecular flexibility index (Phi) is 9.35. The molecule has 4 rings (SSSR count). The highest BCUT2D eigenvalue weighted by atomic mass is 35.5. The molecule has 1 unspecified atom stereocenters. The van der Waals surface area contributed by atoms with Crippen LogP contribution in [0.25, 0.3) is 0 Å².